The molecular weight excluding hydrogens is 666 g/mol. The summed E-state index contributed by atoms with van der Waals surface area (Å²) in [6, 6.07) is -3.09. The van der Waals surface area contributed by atoms with Gasteiger partial charge in [-0.05, 0) is 0 Å². The van der Waals surface area contributed by atoms with Crippen molar-refractivity contribution in [3.63, 3.8) is 0 Å². The average molecular weight is 706 g/mol. The van der Waals surface area contributed by atoms with Gasteiger partial charge in [0.1, 0.15) is 12.1 Å². The highest BCUT2D eigenvalue weighted by Crippen LogP contribution is 1.85. The summed E-state index contributed by atoms with van der Waals surface area (Å²) in [6.07, 6.45) is 0. The molecule has 25 heteroatoms. The molecule has 0 bridgehead atoms. The second-order valence-electron chi connectivity index (χ2n) is 9.30. The lowest BCUT2D eigenvalue weighted by molar-refractivity contribution is -0.142. The molecule has 0 saturated heterocycles. The average Bonchev–Trinajstić information content (AvgIpc) is 3.08. The van der Waals surface area contributed by atoms with Gasteiger partial charge in [-0.1, -0.05) is 0 Å². The molecule has 0 fully saturated rings. The number of amides is 10. The molecule has 0 spiro atoms. The smallest absolute Gasteiger partial charge is 0.328 e. The van der Waals surface area contributed by atoms with Crippen molar-refractivity contribution >= 4 is 65.0 Å². The number of hydrogen-bond donors (Lipinski definition) is 14. The predicted molar refractivity (Wildman–Crippen MR) is 159 cm³/mol. The molecule has 0 aliphatic carbocycles. The first-order valence-corrected chi connectivity index (χ1v) is 14.0. The number of nitrogens with two attached hydrogens (primary N) is 1. The highest BCUT2D eigenvalue weighted by atomic mass is 16.4. The summed E-state index contributed by atoms with van der Waals surface area (Å²) in [6.45, 7) is -6.89. The molecule has 0 heterocycles. The Bertz CT molecular complexity index is 1250. The molecule has 0 saturated carbocycles. The van der Waals surface area contributed by atoms with E-state index in [2.05, 4.69) is 47.9 Å². The van der Waals surface area contributed by atoms with Crippen LogP contribution >= 0.6 is 0 Å². The minimum atomic E-state index is -1.56. The maximum atomic E-state index is 12.2. The highest BCUT2D eigenvalue weighted by Gasteiger charge is 2.21. The zero-order chi connectivity index (χ0) is 37.4. The molecule has 0 aliphatic heterocycles. The Morgan fingerprint density at radius 1 is 0.408 bits per heavy atom. The summed E-state index contributed by atoms with van der Waals surface area (Å²) in [5, 5.41) is 48.1. The predicted octanol–water partition coefficient (Wildman–Crippen LogP) is -11.1. The Hall–Kier alpha value is -5.95. The lowest BCUT2D eigenvalue weighted by Gasteiger charge is -2.16. The first kappa shape index (κ1) is 43.0. The first-order valence-electron chi connectivity index (χ1n) is 14.0. The summed E-state index contributed by atoms with van der Waals surface area (Å²) in [5.74, 6) is -9.76. The van der Waals surface area contributed by atoms with E-state index in [1.54, 1.807) is 0 Å². The van der Waals surface area contributed by atoms with Crippen LogP contribution in [0.4, 0.5) is 0 Å². The van der Waals surface area contributed by atoms with Gasteiger partial charge in [0, 0.05) is 0 Å². The quantitative estimate of drug-likeness (QED) is 0.0469. The number of rotatable bonds is 23. The zero-order valence-electron chi connectivity index (χ0n) is 25.8. The number of carboxylic acids is 1. The first-order chi connectivity index (χ1) is 23.1. The van der Waals surface area contributed by atoms with Gasteiger partial charge in [-0.25, -0.2) is 4.79 Å². The molecule has 10 amide bonds. The van der Waals surface area contributed by atoms with E-state index >= 15 is 0 Å². The van der Waals surface area contributed by atoms with E-state index in [1.165, 1.54) is 0 Å². The molecule has 0 unspecified atom stereocenters. The molecule has 274 valence electrons. The van der Waals surface area contributed by atoms with Crippen LogP contribution < -0.4 is 58.9 Å². The molecule has 0 aromatic rings. The number of nitrogens with one attached hydrogen (secondary N) is 10. The standard InChI is InChI=1S/C24H39N11O14/c25-1-14(38)26-2-15(39)27-5-18(42)31-8-21(45)34-12(10-36)23(47)33-7-20(44)30-4-17(41)28-3-16(40)29-6-19(43)32-9-22(46)35-13(11-37)24(48)49/h12-13,36-37H,1-11,25H2,(H,26,38)(H,27,39)(H,28,41)(H,29,40)(H,30,44)(H,31,42)(H,32,43)(H,33,47)(H,34,45)(H,35,46)(H,48,49)/t12-,13-/m0/s1. The Kier molecular flexibility index (Phi) is 21.3. The van der Waals surface area contributed by atoms with E-state index in [0.717, 1.165) is 0 Å². The third-order valence-corrected chi connectivity index (χ3v) is 5.38. The van der Waals surface area contributed by atoms with Crippen molar-refractivity contribution < 1.29 is 68.1 Å². The summed E-state index contributed by atoms with van der Waals surface area (Å²) in [4.78, 5) is 128. The number of carboxylic acid groups (broad SMARTS) is 1. The monoisotopic (exact) mass is 705 g/mol. The van der Waals surface area contributed by atoms with E-state index in [9.17, 15) is 57.8 Å². The molecule has 49 heavy (non-hydrogen) atoms. The van der Waals surface area contributed by atoms with Crippen LogP contribution in [-0.2, 0) is 52.7 Å². The summed E-state index contributed by atoms with van der Waals surface area (Å²) < 4.78 is 0. The number of hydrogen-bond acceptors (Lipinski definition) is 14. The Labute approximate surface area is 276 Å². The van der Waals surface area contributed by atoms with Crippen molar-refractivity contribution in [1.29, 1.82) is 0 Å². The molecule has 15 N–H and O–H groups in total. The SMILES string of the molecule is NCC(=O)NCC(=O)NCC(=O)NCC(=O)N[C@@H](CO)C(=O)NCC(=O)NCC(=O)NCC(=O)NCC(=O)NCC(=O)N[C@@H](CO)C(=O)O. The lowest BCUT2D eigenvalue weighted by atomic mass is 10.3. The van der Waals surface area contributed by atoms with Gasteiger partial charge < -0.3 is 74.2 Å². The molecule has 0 rings (SSSR count). The largest absolute Gasteiger partial charge is 0.480 e. The molecule has 25 nitrogen and oxygen atoms in total. The number of aliphatic carboxylic acids is 1. The van der Waals surface area contributed by atoms with E-state index in [1.807, 2.05) is 5.32 Å². The van der Waals surface area contributed by atoms with Crippen LogP contribution in [0.15, 0.2) is 0 Å². The van der Waals surface area contributed by atoms with Crippen LogP contribution in [0, 0.1) is 0 Å². The van der Waals surface area contributed by atoms with Crippen molar-refractivity contribution in [3.8, 4) is 0 Å². The molecule has 0 aromatic carbocycles. The van der Waals surface area contributed by atoms with Crippen molar-refractivity contribution in [2.75, 3.05) is 72.1 Å². The minimum absolute atomic E-state index is 0.332. The molecular formula is C24H39N11O14. The van der Waals surface area contributed by atoms with Crippen LogP contribution in [-0.4, -0.2) is 165 Å². The summed E-state index contributed by atoms with van der Waals surface area (Å²) in [5.41, 5.74) is 5.06. The van der Waals surface area contributed by atoms with Crippen molar-refractivity contribution in [3.05, 3.63) is 0 Å². The topological polar surface area (TPSA) is 395 Å². The van der Waals surface area contributed by atoms with E-state index < -0.39 is 143 Å². The van der Waals surface area contributed by atoms with E-state index in [0.29, 0.717) is 0 Å². The minimum Gasteiger partial charge on any atom is -0.480 e. The van der Waals surface area contributed by atoms with Crippen LogP contribution in [0.2, 0.25) is 0 Å². The third-order valence-electron chi connectivity index (χ3n) is 5.38. The van der Waals surface area contributed by atoms with Gasteiger partial charge >= 0.3 is 5.97 Å². The van der Waals surface area contributed by atoms with Gasteiger partial charge in [-0.15, -0.1) is 0 Å². The van der Waals surface area contributed by atoms with Gasteiger partial charge in [0.05, 0.1) is 72.1 Å². The summed E-state index contributed by atoms with van der Waals surface area (Å²) >= 11 is 0. The van der Waals surface area contributed by atoms with Gasteiger partial charge in [-0.2, -0.15) is 0 Å². The Morgan fingerprint density at radius 3 is 0.959 bits per heavy atom. The highest BCUT2D eigenvalue weighted by molar-refractivity contribution is 5.94. The van der Waals surface area contributed by atoms with Crippen LogP contribution in [0.3, 0.4) is 0 Å². The fourth-order valence-electron chi connectivity index (χ4n) is 2.86. The van der Waals surface area contributed by atoms with Gasteiger partial charge in [-0.3, -0.25) is 47.9 Å². The maximum Gasteiger partial charge on any atom is 0.328 e. The van der Waals surface area contributed by atoms with Crippen molar-refractivity contribution in [2.45, 2.75) is 12.1 Å². The van der Waals surface area contributed by atoms with Crippen molar-refractivity contribution in [2.24, 2.45) is 5.73 Å². The molecule has 0 radical (unpaired) electrons. The maximum absolute atomic E-state index is 12.2. The van der Waals surface area contributed by atoms with Gasteiger partial charge in [0.2, 0.25) is 59.1 Å². The molecule has 0 aliphatic rings. The zero-order valence-corrected chi connectivity index (χ0v) is 25.8. The van der Waals surface area contributed by atoms with Crippen LogP contribution in [0.25, 0.3) is 0 Å². The number of aliphatic hydroxyl groups excluding tert-OH is 2. The van der Waals surface area contributed by atoms with Crippen LogP contribution in [0.1, 0.15) is 0 Å². The Morgan fingerprint density at radius 2 is 0.673 bits per heavy atom. The fourth-order valence-corrected chi connectivity index (χ4v) is 2.86. The van der Waals surface area contributed by atoms with E-state index in [4.69, 9.17) is 15.9 Å². The normalized spacial score (nSPS) is 11.2. The molecule has 2 atom stereocenters. The van der Waals surface area contributed by atoms with Gasteiger partial charge in [0.15, 0.2) is 0 Å². The van der Waals surface area contributed by atoms with Gasteiger partial charge in [0.25, 0.3) is 0 Å². The summed E-state index contributed by atoms with van der Waals surface area (Å²) in [7, 11) is 0. The fraction of sp³-hybridized carbons (Fsp3) is 0.542. The van der Waals surface area contributed by atoms with E-state index in [-0.39, 0.29) is 6.54 Å². The second-order valence-corrected chi connectivity index (χ2v) is 9.30. The molecule has 0 aromatic heterocycles. The number of carbonyl (C=O) groups is 11. The lowest BCUT2D eigenvalue weighted by Crippen LogP contribution is -2.53. The Balaban J connectivity index is 4.25. The third kappa shape index (κ3) is 21.5. The van der Waals surface area contributed by atoms with Crippen LogP contribution in [0.5, 0.6) is 0 Å². The number of carbonyl (C=O) groups excluding carboxylic acids is 10. The van der Waals surface area contributed by atoms with Crippen molar-refractivity contribution in [1.82, 2.24) is 53.2 Å². The second kappa shape index (κ2) is 24.3. The number of aliphatic hydroxyl groups is 2.